The first-order chi connectivity index (χ1) is 18.9. The van der Waals surface area contributed by atoms with Crippen molar-refractivity contribution in [1.29, 1.82) is 0 Å². The summed E-state index contributed by atoms with van der Waals surface area (Å²) in [4.78, 5) is 57.7. The van der Waals surface area contributed by atoms with Crippen LogP contribution in [-0.4, -0.2) is 34.7 Å². The summed E-state index contributed by atoms with van der Waals surface area (Å²) >= 11 is 0. The molecule has 2 fully saturated rings. The number of para-hydroxylation sites is 2. The molecule has 1 aromatic heterocycles. The fourth-order valence-electron chi connectivity index (χ4n) is 6.55. The van der Waals surface area contributed by atoms with Crippen molar-refractivity contribution in [3.8, 4) is 5.75 Å². The number of hydrogen-bond donors (Lipinski definition) is 3. The fraction of sp³-hybridized carbons (Fsp3) is 0.200. The molecule has 0 aliphatic carbocycles. The molecule has 194 valence electrons. The quantitative estimate of drug-likeness (QED) is 0.216. The van der Waals surface area contributed by atoms with Gasteiger partial charge in [0.15, 0.2) is 0 Å². The maximum Gasteiger partial charge on any atom is 0.308 e. The van der Waals surface area contributed by atoms with Gasteiger partial charge in [-0.15, -0.1) is 0 Å². The summed E-state index contributed by atoms with van der Waals surface area (Å²) in [5, 5.41) is 7.45. The van der Waals surface area contributed by atoms with Crippen molar-refractivity contribution in [2.45, 2.75) is 24.9 Å². The average Bonchev–Trinajstić information content (AvgIpc) is 3.63. The second kappa shape index (κ2) is 8.37. The first-order valence-electron chi connectivity index (χ1n) is 12.8. The van der Waals surface area contributed by atoms with Crippen molar-refractivity contribution >= 4 is 46.0 Å². The topological polar surface area (TPSA) is 121 Å². The number of fused-ring (bicyclic) bond motifs is 5. The van der Waals surface area contributed by atoms with Crippen molar-refractivity contribution in [2.75, 3.05) is 10.2 Å². The lowest BCUT2D eigenvalue weighted by molar-refractivity contribution is -0.132. The van der Waals surface area contributed by atoms with E-state index in [1.54, 1.807) is 30.3 Å². The number of esters is 1. The van der Waals surface area contributed by atoms with Gasteiger partial charge in [0.25, 0.3) is 0 Å². The van der Waals surface area contributed by atoms with Gasteiger partial charge in [0, 0.05) is 41.3 Å². The monoisotopic (exact) mass is 520 g/mol. The minimum absolute atomic E-state index is 0.310. The Hall–Kier alpha value is -4.76. The number of nitrogens with one attached hydrogen (secondary N) is 3. The number of benzene rings is 3. The van der Waals surface area contributed by atoms with Gasteiger partial charge >= 0.3 is 5.97 Å². The van der Waals surface area contributed by atoms with E-state index in [1.165, 1.54) is 11.8 Å². The Morgan fingerprint density at radius 2 is 1.69 bits per heavy atom. The van der Waals surface area contributed by atoms with Crippen LogP contribution >= 0.6 is 0 Å². The zero-order valence-electron chi connectivity index (χ0n) is 20.9. The van der Waals surface area contributed by atoms with Gasteiger partial charge in [-0.2, -0.15) is 0 Å². The zero-order valence-corrected chi connectivity index (χ0v) is 20.9. The zero-order chi connectivity index (χ0) is 26.9. The van der Waals surface area contributed by atoms with Crippen LogP contribution in [0.5, 0.6) is 5.75 Å². The standard InChI is InChI=1S/C30H24N4O5/c1-16(35)39-19-12-10-18(11-13-19)34-27(36)25-24(14-17-15-31-22-8-4-2-6-20(17)22)33-30(26(25)28(34)37)21-7-3-5-9-23(21)32-29(30)38/h2-13,15,24-26,31,33H,14H2,1H3,(H,32,38)/t24?,25-,26+,30?/m1/s1. The highest BCUT2D eigenvalue weighted by molar-refractivity contribution is 6.25. The molecule has 9 heteroatoms. The number of ether oxygens (including phenoxy) is 1. The predicted octanol–water partition coefficient (Wildman–Crippen LogP) is 3.26. The van der Waals surface area contributed by atoms with Crippen LogP contribution in [0.3, 0.4) is 0 Å². The van der Waals surface area contributed by atoms with Gasteiger partial charge < -0.3 is 15.0 Å². The Labute approximate surface area is 223 Å². The largest absolute Gasteiger partial charge is 0.427 e. The van der Waals surface area contributed by atoms with E-state index in [2.05, 4.69) is 15.6 Å². The number of aromatic nitrogens is 1. The van der Waals surface area contributed by atoms with E-state index in [-0.39, 0.29) is 11.8 Å². The first kappa shape index (κ1) is 23.4. The molecule has 0 bridgehead atoms. The smallest absolute Gasteiger partial charge is 0.308 e. The third-order valence-corrected chi connectivity index (χ3v) is 8.09. The van der Waals surface area contributed by atoms with E-state index in [4.69, 9.17) is 4.74 Å². The van der Waals surface area contributed by atoms with Crippen LogP contribution in [0.4, 0.5) is 11.4 Å². The number of anilines is 2. The number of hydrogen-bond acceptors (Lipinski definition) is 6. The average molecular weight is 521 g/mol. The molecular weight excluding hydrogens is 496 g/mol. The van der Waals surface area contributed by atoms with Gasteiger partial charge in [-0.3, -0.25) is 24.5 Å². The predicted molar refractivity (Wildman–Crippen MR) is 143 cm³/mol. The molecule has 4 atom stereocenters. The van der Waals surface area contributed by atoms with Crippen LogP contribution in [0.25, 0.3) is 10.9 Å². The summed E-state index contributed by atoms with van der Waals surface area (Å²) in [6.45, 7) is 1.30. The number of rotatable bonds is 4. The van der Waals surface area contributed by atoms with Gasteiger partial charge in [0.1, 0.15) is 11.3 Å². The lowest BCUT2D eigenvalue weighted by Gasteiger charge is -2.29. The van der Waals surface area contributed by atoms with Crippen LogP contribution < -0.4 is 20.3 Å². The number of nitrogens with zero attached hydrogens (tertiary/aromatic N) is 1. The van der Waals surface area contributed by atoms with Crippen molar-refractivity contribution in [1.82, 2.24) is 10.3 Å². The molecule has 1 spiro atoms. The summed E-state index contributed by atoms with van der Waals surface area (Å²) in [5.41, 5.74) is 2.25. The second-order valence-electron chi connectivity index (χ2n) is 10.2. The minimum atomic E-state index is -1.38. The van der Waals surface area contributed by atoms with Crippen LogP contribution in [0, 0.1) is 11.8 Å². The summed E-state index contributed by atoms with van der Waals surface area (Å²) in [7, 11) is 0. The van der Waals surface area contributed by atoms with Crippen LogP contribution in [0.2, 0.25) is 0 Å². The Morgan fingerprint density at radius 1 is 0.949 bits per heavy atom. The molecule has 3 aliphatic rings. The summed E-state index contributed by atoms with van der Waals surface area (Å²) in [6, 6.07) is 21.0. The van der Waals surface area contributed by atoms with Crippen molar-refractivity contribution in [3.63, 3.8) is 0 Å². The maximum absolute atomic E-state index is 14.1. The molecular formula is C30H24N4O5. The van der Waals surface area contributed by atoms with Gasteiger partial charge in [0.2, 0.25) is 17.7 Å². The molecule has 7 rings (SSSR count). The first-order valence-corrected chi connectivity index (χ1v) is 12.8. The fourth-order valence-corrected chi connectivity index (χ4v) is 6.55. The summed E-state index contributed by atoms with van der Waals surface area (Å²) in [6.07, 6.45) is 2.36. The third-order valence-electron chi connectivity index (χ3n) is 8.09. The molecule has 0 radical (unpaired) electrons. The van der Waals surface area contributed by atoms with Crippen LogP contribution in [0.1, 0.15) is 18.1 Å². The normalized spacial score (nSPS) is 25.3. The lowest BCUT2D eigenvalue weighted by Crippen LogP contribution is -2.53. The molecule has 2 unspecified atom stereocenters. The van der Waals surface area contributed by atoms with Crippen LogP contribution in [-0.2, 0) is 31.1 Å². The molecule has 2 saturated heterocycles. The molecule has 0 saturated carbocycles. The number of carbonyl (C=O) groups excluding carboxylic acids is 4. The van der Waals surface area contributed by atoms with Gasteiger partial charge in [-0.25, -0.2) is 4.90 Å². The molecule has 3 N–H and O–H groups in total. The number of imide groups is 1. The molecule has 4 heterocycles. The Bertz CT molecular complexity index is 1690. The number of H-pyrrole nitrogens is 1. The molecule has 3 aromatic carbocycles. The SMILES string of the molecule is CC(=O)Oc1ccc(N2C(=O)[C@@H]3C(Cc4c[nH]c5ccccc45)NC4(C(=O)Nc5ccccc54)[C@@H]3C2=O)cc1. The van der Waals surface area contributed by atoms with E-state index in [0.717, 1.165) is 16.5 Å². The highest BCUT2D eigenvalue weighted by Crippen LogP contribution is 2.54. The van der Waals surface area contributed by atoms with Gasteiger partial charge in [-0.05, 0) is 48.4 Å². The Balaban J connectivity index is 1.33. The van der Waals surface area contributed by atoms with E-state index in [1.807, 2.05) is 48.7 Å². The number of amides is 3. The van der Waals surface area contributed by atoms with Gasteiger partial charge in [-0.1, -0.05) is 36.4 Å². The van der Waals surface area contributed by atoms with Crippen molar-refractivity contribution in [2.24, 2.45) is 11.8 Å². The van der Waals surface area contributed by atoms with E-state index in [9.17, 15) is 19.2 Å². The van der Waals surface area contributed by atoms with E-state index in [0.29, 0.717) is 29.1 Å². The third kappa shape index (κ3) is 3.29. The minimum Gasteiger partial charge on any atom is -0.427 e. The lowest BCUT2D eigenvalue weighted by atomic mass is 9.76. The van der Waals surface area contributed by atoms with Gasteiger partial charge in [0.05, 0.1) is 17.5 Å². The molecule has 9 nitrogen and oxygen atoms in total. The maximum atomic E-state index is 14.1. The Morgan fingerprint density at radius 3 is 2.49 bits per heavy atom. The molecule has 39 heavy (non-hydrogen) atoms. The molecule has 4 aromatic rings. The Kier molecular flexibility index (Phi) is 5.02. The number of carbonyl (C=O) groups is 4. The highest BCUT2D eigenvalue weighted by Gasteiger charge is 2.70. The summed E-state index contributed by atoms with van der Waals surface area (Å²) in [5.74, 6) is -3.00. The van der Waals surface area contributed by atoms with E-state index >= 15 is 0 Å². The van der Waals surface area contributed by atoms with Crippen molar-refractivity contribution < 1.29 is 23.9 Å². The number of aromatic amines is 1. The highest BCUT2D eigenvalue weighted by atomic mass is 16.5. The molecule has 3 aliphatic heterocycles. The second-order valence-corrected chi connectivity index (χ2v) is 10.2. The van der Waals surface area contributed by atoms with E-state index < -0.39 is 35.3 Å². The molecule has 3 amide bonds. The van der Waals surface area contributed by atoms with Crippen molar-refractivity contribution in [3.05, 3.63) is 90.1 Å². The van der Waals surface area contributed by atoms with Crippen LogP contribution in [0.15, 0.2) is 79.0 Å². The summed E-state index contributed by atoms with van der Waals surface area (Å²) < 4.78 is 5.11.